The summed E-state index contributed by atoms with van der Waals surface area (Å²) in [6, 6.07) is 5.74. The van der Waals surface area contributed by atoms with E-state index in [9.17, 15) is 0 Å². The van der Waals surface area contributed by atoms with Crippen molar-refractivity contribution in [3.63, 3.8) is 0 Å². The highest BCUT2D eigenvalue weighted by Gasteiger charge is 2.10. The summed E-state index contributed by atoms with van der Waals surface area (Å²) in [6.07, 6.45) is 3.93. The van der Waals surface area contributed by atoms with E-state index in [-0.39, 0.29) is 6.04 Å². The lowest BCUT2D eigenvalue weighted by Gasteiger charge is -2.15. The molecule has 0 aliphatic rings. The molecule has 0 radical (unpaired) electrons. The van der Waals surface area contributed by atoms with Crippen LogP contribution in [-0.4, -0.2) is 9.78 Å². The Balaban J connectivity index is 1.98. The second-order valence-electron chi connectivity index (χ2n) is 4.47. The average molecular weight is 298 g/mol. The van der Waals surface area contributed by atoms with Gasteiger partial charge in [-0.05, 0) is 31.5 Å². The molecule has 0 spiro atoms. The number of aryl methyl sites for hydroxylation is 1. The second-order valence-corrected chi connectivity index (χ2v) is 5.32. The van der Waals surface area contributed by atoms with Crippen LogP contribution in [-0.2, 0) is 13.1 Å². The van der Waals surface area contributed by atoms with E-state index in [0.717, 1.165) is 18.7 Å². The average Bonchev–Trinajstić information content (AvgIpc) is 2.84. The zero-order valence-electron chi connectivity index (χ0n) is 11.0. The molecule has 0 fully saturated rings. The summed E-state index contributed by atoms with van der Waals surface area (Å²) in [4.78, 5) is 0. The first kappa shape index (κ1) is 14.4. The lowest BCUT2D eigenvalue weighted by Crippen LogP contribution is -2.18. The fourth-order valence-electron chi connectivity index (χ4n) is 1.90. The smallest absolute Gasteiger partial charge is 0.0534 e. The summed E-state index contributed by atoms with van der Waals surface area (Å²) >= 11 is 12.1. The van der Waals surface area contributed by atoms with Crippen LogP contribution in [0.4, 0.5) is 0 Å². The molecule has 3 nitrogen and oxygen atoms in total. The summed E-state index contributed by atoms with van der Waals surface area (Å²) in [5, 5.41) is 9.03. The minimum absolute atomic E-state index is 0.162. The molecule has 0 aliphatic carbocycles. The molecule has 0 saturated carbocycles. The molecule has 5 heteroatoms. The molecular weight excluding hydrogens is 281 g/mol. The number of rotatable bonds is 5. The summed E-state index contributed by atoms with van der Waals surface area (Å²) in [5.41, 5.74) is 2.22. The summed E-state index contributed by atoms with van der Waals surface area (Å²) in [6.45, 7) is 5.80. The first-order valence-electron chi connectivity index (χ1n) is 6.29. The zero-order valence-corrected chi connectivity index (χ0v) is 12.5. The Hall–Kier alpha value is -1.03. The zero-order chi connectivity index (χ0) is 13.8. The maximum atomic E-state index is 6.19. The van der Waals surface area contributed by atoms with Gasteiger partial charge >= 0.3 is 0 Å². The predicted molar refractivity (Wildman–Crippen MR) is 79.6 cm³/mol. The quantitative estimate of drug-likeness (QED) is 0.902. The van der Waals surface area contributed by atoms with Gasteiger partial charge < -0.3 is 5.32 Å². The van der Waals surface area contributed by atoms with Gasteiger partial charge in [0.2, 0.25) is 0 Å². The van der Waals surface area contributed by atoms with Gasteiger partial charge in [0, 0.05) is 40.9 Å². The highest BCUT2D eigenvalue weighted by Crippen LogP contribution is 2.26. The Bertz CT molecular complexity index is 551. The Morgan fingerprint density at radius 3 is 2.79 bits per heavy atom. The molecule has 0 aliphatic heterocycles. The summed E-state index contributed by atoms with van der Waals surface area (Å²) < 4.78 is 1.91. The Morgan fingerprint density at radius 2 is 2.16 bits per heavy atom. The molecule has 1 unspecified atom stereocenters. The third-order valence-electron chi connectivity index (χ3n) is 3.05. The van der Waals surface area contributed by atoms with Crippen LogP contribution in [0.5, 0.6) is 0 Å². The van der Waals surface area contributed by atoms with Crippen molar-refractivity contribution in [3.05, 3.63) is 51.8 Å². The topological polar surface area (TPSA) is 29.9 Å². The van der Waals surface area contributed by atoms with E-state index in [1.165, 1.54) is 5.56 Å². The predicted octanol–water partition coefficient (Wildman–Crippen LogP) is 4.06. The van der Waals surface area contributed by atoms with Crippen molar-refractivity contribution in [1.29, 1.82) is 0 Å². The van der Waals surface area contributed by atoms with Crippen molar-refractivity contribution in [2.24, 2.45) is 0 Å². The van der Waals surface area contributed by atoms with Crippen LogP contribution in [0, 0.1) is 0 Å². The van der Waals surface area contributed by atoms with E-state index in [4.69, 9.17) is 23.2 Å². The molecule has 102 valence electrons. The van der Waals surface area contributed by atoms with Crippen LogP contribution in [0.15, 0.2) is 30.6 Å². The molecule has 2 aromatic rings. The Labute approximate surface area is 123 Å². The van der Waals surface area contributed by atoms with E-state index in [1.54, 1.807) is 6.07 Å². The molecule has 1 heterocycles. The summed E-state index contributed by atoms with van der Waals surface area (Å²) in [5.74, 6) is 0. The van der Waals surface area contributed by atoms with Crippen molar-refractivity contribution >= 4 is 23.2 Å². The first-order chi connectivity index (χ1) is 9.10. The van der Waals surface area contributed by atoms with Crippen molar-refractivity contribution < 1.29 is 0 Å². The third kappa shape index (κ3) is 3.72. The second kappa shape index (κ2) is 6.42. The fraction of sp³-hybridized carbons (Fsp3) is 0.357. The molecule has 1 aromatic heterocycles. The van der Waals surface area contributed by atoms with E-state index in [1.807, 2.05) is 29.2 Å². The van der Waals surface area contributed by atoms with Gasteiger partial charge in [-0.2, -0.15) is 5.10 Å². The maximum absolute atomic E-state index is 6.19. The number of aromatic nitrogens is 2. The lowest BCUT2D eigenvalue weighted by atomic mass is 10.1. The molecular formula is C14H17Cl2N3. The number of nitrogens with zero attached hydrogens (tertiary/aromatic N) is 2. The highest BCUT2D eigenvalue weighted by molar-refractivity contribution is 6.35. The third-order valence-corrected chi connectivity index (χ3v) is 3.61. The van der Waals surface area contributed by atoms with Crippen molar-refractivity contribution in [1.82, 2.24) is 15.1 Å². The van der Waals surface area contributed by atoms with Crippen LogP contribution in [0.2, 0.25) is 10.0 Å². The van der Waals surface area contributed by atoms with Gasteiger partial charge in [0.25, 0.3) is 0 Å². The van der Waals surface area contributed by atoms with E-state index >= 15 is 0 Å². The highest BCUT2D eigenvalue weighted by atomic mass is 35.5. The largest absolute Gasteiger partial charge is 0.306 e. The molecule has 1 atom stereocenters. The van der Waals surface area contributed by atoms with Crippen LogP contribution in [0.1, 0.15) is 31.0 Å². The first-order valence-corrected chi connectivity index (χ1v) is 7.05. The molecule has 1 aromatic carbocycles. The van der Waals surface area contributed by atoms with Gasteiger partial charge in [-0.3, -0.25) is 4.68 Å². The number of hydrogen-bond acceptors (Lipinski definition) is 2. The van der Waals surface area contributed by atoms with Crippen LogP contribution >= 0.6 is 23.2 Å². The van der Waals surface area contributed by atoms with Gasteiger partial charge in [-0.1, -0.05) is 29.3 Å². The van der Waals surface area contributed by atoms with Crippen LogP contribution < -0.4 is 5.32 Å². The number of halogens is 2. The molecule has 2 rings (SSSR count). The number of hydrogen-bond donors (Lipinski definition) is 1. The van der Waals surface area contributed by atoms with Gasteiger partial charge in [0.1, 0.15) is 0 Å². The SMILES string of the molecule is CCn1cc(CNC(C)c2ccc(Cl)cc2Cl)cn1. The van der Waals surface area contributed by atoms with Crippen LogP contribution in [0.3, 0.4) is 0 Å². The van der Waals surface area contributed by atoms with E-state index < -0.39 is 0 Å². The lowest BCUT2D eigenvalue weighted by molar-refractivity contribution is 0.574. The van der Waals surface area contributed by atoms with E-state index in [2.05, 4.69) is 24.3 Å². The van der Waals surface area contributed by atoms with Gasteiger partial charge in [0.15, 0.2) is 0 Å². The molecule has 19 heavy (non-hydrogen) atoms. The summed E-state index contributed by atoms with van der Waals surface area (Å²) in [7, 11) is 0. The van der Waals surface area contributed by atoms with Gasteiger partial charge in [-0.25, -0.2) is 0 Å². The van der Waals surface area contributed by atoms with Crippen molar-refractivity contribution in [2.45, 2.75) is 33.0 Å². The van der Waals surface area contributed by atoms with Gasteiger partial charge in [0.05, 0.1) is 6.20 Å². The number of nitrogens with one attached hydrogen (secondary N) is 1. The molecule has 1 N–H and O–H groups in total. The normalized spacial score (nSPS) is 12.6. The molecule has 0 saturated heterocycles. The number of benzene rings is 1. The van der Waals surface area contributed by atoms with Crippen molar-refractivity contribution in [2.75, 3.05) is 0 Å². The maximum Gasteiger partial charge on any atom is 0.0534 e. The minimum Gasteiger partial charge on any atom is -0.306 e. The van der Waals surface area contributed by atoms with Crippen molar-refractivity contribution in [3.8, 4) is 0 Å². The molecule has 0 bridgehead atoms. The van der Waals surface area contributed by atoms with E-state index in [0.29, 0.717) is 10.0 Å². The van der Waals surface area contributed by atoms with Gasteiger partial charge in [-0.15, -0.1) is 0 Å². The Kier molecular flexibility index (Phi) is 4.86. The van der Waals surface area contributed by atoms with Crippen LogP contribution in [0.25, 0.3) is 0 Å². The fourth-order valence-corrected chi connectivity index (χ4v) is 2.48. The Morgan fingerprint density at radius 1 is 1.37 bits per heavy atom. The standard InChI is InChI=1S/C14H17Cl2N3/c1-3-19-9-11(8-18-19)7-17-10(2)13-5-4-12(15)6-14(13)16/h4-6,8-10,17H,3,7H2,1-2H3. The molecule has 0 amide bonds. The minimum atomic E-state index is 0.162. The monoisotopic (exact) mass is 297 g/mol.